The van der Waals surface area contributed by atoms with Crippen LogP contribution in [0.25, 0.3) is 0 Å². The number of methoxy groups -OCH3 is 1. The normalized spacial score (nSPS) is 20.5. The topological polar surface area (TPSA) is 103 Å². The molecular weight excluding hydrogens is 352 g/mol. The summed E-state index contributed by atoms with van der Waals surface area (Å²) in [7, 11) is 1.29. The standard InChI is InChI=1S/C19H32N2O6/c1-12(2)16(13-11-19(6,27-21-13)17(24)25-7)20-14(22)9-8-10-15(23)26-18(3,4)5/h11-12,16,21H,8-10H2,1-7H3,(H,20,22)/t16-,19?/m0/s1. The third-order valence-corrected chi connectivity index (χ3v) is 3.93. The van der Waals surface area contributed by atoms with Gasteiger partial charge in [0, 0.05) is 12.8 Å². The van der Waals surface area contributed by atoms with Crippen molar-refractivity contribution in [2.45, 2.75) is 78.0 Å². The Labute approximate surface area is 160 Å². The monoisotopic (exact) mass is 384 g/mol. The van der Waals surface area contributed by atoms with Crippen molar-refractivity contribution >= 4 is 17.8 Å². The van der Waals surface area contributed by atoms with E-state index in [0.717, 1.165) is 0 Å². The molecule has 0 aromatic rings. The first kappa shape index (κ1) is 23.0. The van der Waals surface area contributed by atoms with Gasteiger partial charge in [0.15, 0.2) is 0 Å². The minimum atomic E-state index is -1.24. The predicted octanol–water partition coefficient (Wildman–Crippen LogP) is 1.99. The van der Waals surface area contributed by atoms with Gasteiger partial charge in [-0.1, -0.05) is 13.8 Å². The molecule has 1 heterocycles. The molecule has 0 spiro atoms. The summed E-state index contributed by atoms with van der Waals surface area (Å²) in [5.41, 5.74) is 1.55. The van der Waals surface area contributed by atoms with Crippen molar-refractivity contribution in [2.75, 3.05) is 7.11 Å². The lowest BCUT2D eigenvalue weighted by Gasteiger charge is -2.23. The molecule has 0 saturated carbocycles. The summed E-state index contributed by atoms with van der Waals surface area (Å²) in [6.45, 7) is 10.9. The first-order chi connectivity index (χ1) is 12.4. The fraction of sp³-hybridized carbons (Fsp3) is 0.737. The van der Waals surface area contributed by atoms with Gasteiger partial charge in [-0.05, 0) is 46.1 Å². The molecule has 154 valence electrons. The van der Waals surface area contributed by atoms with E-state index in [0.29, 0.717) is 12.1 Å². The van der Waals surface area contributed by atoms with E-state index in [2.05, 4.69) is 10.8 Å². The second kappa shape index (κ2) is 9.21. The molecule has 1 aliphatic rings. The van der Waals surface area contributed by atoms with Crippen LogP contribution in [-0.4, -0.2) is 42.2 Å². The van der Waals surface area contributed by atoms with Crippen LogP contribution >= 0.6 is 0 Å². The Kier molecular flexibility index (Phi) is 7.83. The van der Waals surface area contributed by atoms with Crippen LogP contribution in [0.2, 0.25) is 0 Å². The molecular formula is C19H32N2O6. The smallest absolute Gasteiger partial charge is 0.344 e. The molecule has 0 aliphatic carbocycles. The quantitative estimate of drug-likeness (QED) is 0.617. The van der Waals surface area contributed by atoms with Crippen molar-refractivity contribution in [3.05, 3.63) is 11.8 Å². The minimum Gasteiger partial charge on any atom is -0.467 e. The van der Waals surface area contributed by atoms with Gasteiger partial charge in [-0.25, -0.2) is 4.79 Å². The van der Waals surface area contributed by atoms with Crippen LogP contribution < -0.4 is 10.8 Å². The number of carbonyl (C=O) groups excluding carboxylic acids is 3. The molecule has 0 aromatic heterocycles. The zero-order valence-corrected chi connectivity index (χ0v) is 17.3. The fourth-order valence-electron chi connectivity index (χ4n) is 2.61. The summed E-state index contributed by atoms with van der Waals surface area (Å²) in [5.74, 6) is -0.983. The van der Waals surface area contributed by atoms with Gasteiger partial charge in [0.2, 0.25) is 11.5 Å². The number of ether oxygens (including phenoxy) is 2. The molecule has 1 rings (SSSR count). The van der Waals surface area contributed by atoms with Gasteiger partial charge in [0.1, 0.15) is 5.60 Å². The second-order valence-corrected chi connectivity index (χ2v) is 8.13. The highest BCUT2D eigenvalue weighted by atomic mass is 16.7. The summed E-state index contributed by atoms with van der Waals surface area (Å²) in [4.78, 5) is 41.2. The lowest BCUT2D eigenvalue weighted by molar-refractivity contribution is -0.164. The first-order valence-corrected chi connectivity index (χ1v) is 9.14. The third kappa shape index (κ3) is 7.21. The van der Waals surface area contributed by atoms with E-state index in [-0.39, 0.29) is 36.7 Å². The number of esters is 2. The molecule has 0 aromatic carbocycles. The summed E-state index contributed by atoms with van der Waals surface area (Å²) in [6, 6.07) is -0.356. The maximum absolute atomic E-state index is 12.3. The van der Waals surface area contributed by atoms with Crippen LogP contribution in [0.4, 0.5) is 0 Å². The Morgan fingerprint density at radius 3 is 2.41 bits per heavy atom. The van der Waals surface area contributed by atoms with Crippen molar-refractivity contribution in [1.82, 2.24) is 10.8 Å². The van der Waals surface area contributed by atoms with E-state index < -0.39 is 17.2 Å². The first-order valence-electron chi connectivity index (χ1n) is 9.14. The third-order valence-electron chi connectivity index (χ3n) is 3.93. The number of amides is 1. The van der Waals surface area contributed by atoms with Crippen molar-refractivity contribution in [1.29, 1.82) is 0 Å². The maximum atomic E-state index is 12.3. The number of nitrogens with one attached hydrogen (secondary N) is 2. The molecule has 1 amide bonds. The zero-order valence-electron chi connectivity index (χ0n) is 17.3. The van der Waals surface area contributed by atoms with Gasteiger partial charge >= 0.3 is 11.9 Å². The Morgan fingerprint density at radius 1 is 1.26 bits per heavy atom. The largest absolute Gasteiger partial charge is 0.467 e. The average Bonchev–Trinajstić information content (AvgIpc) is 2.93. The Balaban J connectivity index is 2.60. The highest BCUT2D eigenvalue weighted by Gasteiger charge is 2.41. The average molecular weight is 384 g/mol. The van der Waals surface area contributed by atoms with Crippen molar-refractivity contribution in [3.63, 3.8) is 0 Å². The van der Waals surface area contributed by atoms with Gasteiger partial charge in [-0.15, -0.1) is 0 Å². The molecule has 8 nitrogen and oxygen atoms in total. The van der Waals surface area contributed by atoms with Gasteiger partial charge < -0.3 is 14.8 Å². The highest BCUT2D eigenvalue weighted by Crippen LogP contribution is 2.25. The van der Waals surface area contributed by atoms with Crippen LogP contribution in [-0.2, 0) is 28.7 Å². The molecule has 2 atom stereocenters. The van der Waals surface area contributed by atoms with Crippen molar-refractivity contribution < 1.29 is 28.7 Å². The van der Waals surface area contributed by atoms with E-state index in [1.165, 1.54) is 7.11 Å². The number of hydrogen-bond donors (Lipinski definition) is 2. The fourth-order valence-corrected chi connectivity index (χ4v) is 2.61. The second-order valence-electron chi connectivity index (χ2n) is 8.13. The molecule has 2 N–H and O–H groups in total. The molecule has 1 aliphatic heterocycles. The van der Waals surface area contributed by atoms with Crippen LogP contribution in [0.5, 0.6) is 0 Å². The SMILES string of the molecule is COC(=O)C1(C)C=C([C@@H](NC(=O)CCCC(=O)OC(C)(C)C)C(C)C)NO1. The lowest BCUT2D eigenvalue weighted by Crippen LogP contribution is -2.42. The molecule has 8 heteroatoms. The molecule has 27 heavy (non-hydrogen) atoms. The van der Waals surface area contributed by atoms with Crippen molar-refractivity contribution in [3.8, 4) is 0 Å². The summed E-state index contributed by atoms with van der Waals surface area (Å²) in [5, 5.41) is 2.92. The van der Waals surface area contributed by atoms with Gasteiger partial charge in [0.05, 0.1) is 18.8 Å². The Hall–Kier alpha value is -2.09. The van der Waals surface area contributed by atoms with E-state index in [4.69, 9.17) is 14.3 Å². The van der Waals surface area contributed by atoms with Crippen LogP contribution in [0.15, 0.2) is 11.8 Å². The molecule has 0 radical (unpaired) electrons. The molecule has 0 saturated heterocycles. The van der Waals surface area contributed by atoms with E-state index in [1.54, 1.807) is 33.8 Å². The maximum Gasteiger partial charge on any atom is 0.344 e. The van der Waals surface area contributed by atoms with Crippen LogP contribution in [0.3, 0.4) is 0 Å². The van der Waals surface area contributed by atoms with E-state index in [9.17, 15) is 14.4 Å². The minimum absolute atomic E-state index is 0.0575. The summed E-state index contributed by atoms with van der Waals surface area (Å²) in [6.07, 6.45) is 2.39. The van der Waals surface area contributed by atoms with Crippen LogP contribution in [0.1, 0.15) is 60.8 Å². The number of rotatable bonds is 8. The van der Waals surface area contributed by atoms with Crippen LogP contribution in [0, 0.1) is 5.92 Å². The van der Waals surface area contributed by atoms with Gasteiger partial charge in [-0.3, -0.25) is 19.9 Å². The molecule has 0 fully saturated rings. The van der Waals surface area contributed by atoms with Gasteiger partial charge in [0.25, 0.3) is 0 Å². The summed E-state index contributed by atoms with van der Waals surface area (Å²) < 4.78 is 9.96. The van der Waals surface area contributed by atoms with E-state index in [1.807, 2.05) is 13.8 Å². The Morgan fingerprint density at radius 2 is 1.89 bits per heavy atom. The van der Waals surface area contributed by atoms with Gasteiger partial charge in [-0.2, -0.15) is 0 Å². The zero-order chi connectivity index (χ0) is 20.8. The number of hydroxylamine groups is 1. The van der Waals surface area contributed by atoms with Crippen molar-refractivity contribution in [2.24, 2.45) is 5.92 Å². The predicted molar refractivity (Wildman–Crippen MR) is 99.2 cm³/mol. The lowest BCUT2D eigenvalue weighted by atomic mass is 9.97. The number of hydrogen-bond acceptors (Lipinski definition) is 7. The molecule has 0 bridgehead atoms. The van der Waals surface area contributed by atoms with E-state index >= 15 is 0 Å². The summed E-state index contributed by atoms with van der Waals surface area (Å²) >= 11 is 0. The Bertz CT molecular complexity index is 593. The highest BCUT2D eigenvalue weighted by molar-refractivity contribution is 5.82. The number of carbonyl (C=O) groups is 3. The molecule has 1 unspecified atom stereocenters.